The summed E-state index contributed by atoms with van der Waals surface area (Å²) in [5.74, 6) is 1.81. The average molecular weight is 716 g/mol. The lowest BCUT2D eigenvalue weighted by atomic mass is 9.93. The van der Waals surface area contributed by atoms with Crippen molar-refractivity contribution < 1.29 is 0 Å². The van der Waals surface area contributed by atoms with Gasteiger partial charge in [0.05, 0.1) is 27.8 Å². The van der Waals surface area contributed by atoms with Gasteiger partial charge in [-0.3, -0.25) is 4.57 Å². The van der Waals surface area contributed by atoms with E-state index in [1.54, 1.807) is 0 Å². The Balaban J connectivity index is 1.28. The first kappa shape index (κ1) is 31.9. The molecular weight excluding hydrogens is 683 g/mol. The molecule has 11 rings (SSSR count). The Kier molecular flexibility index (Phi) is 7.42. The lowest BCUT2D eigenvalue weighted by Crippen LogP contribution is -2.07. The Morgan fingerprint density at radius 2 is 0.714 bits per heavy atom. The first-order valence-electron chi connectivity index (χ1n) is 18.9. The highest BCUT2D eigenvalue weighted by Crippen LogP contribution is 2.44. The summed E-state index contributed by atoms with van der Waals surface area (Å²) >= 11 is 0. The minimum Gasteiger partial charge on any atom is -0.307 e. The molecular formula is C51H33N5. The predicted molar refractivity (Wildman–Crippen MR) is 230 cm³/mol. The van der Waals surface area contributed by atoms with E-state index in [2.05, 4.69) is 173 Å². The lowest BCUT2D eigenvalue weighted by molar-refractivity contribution is 0.953. The van der Waals surface area contributed by atoms with Crippen molar-refractivity contribution in [1.82, 2.24) is 24.1 Å². The van der Waals surface area contributed by atoms with Gasteiger partial charge in [-0.1, -0.05) is 182 Å². The molecule has 3 heterocycles. The van der Waals surface area contributed by atoms with E-state index in [0.29, 0.717) is 17.6 Å². The van der Waals surface area contributed by atoms with Crippen LogP contribution in [0.2, 0.25) is 0 Å². The molecule has 56 heavy (non-hydrogen) atoms. The average Bonchev–Trinajstić information content (AvgIpc) is 3.80. The Morgan fingerprint density at radius 1 is 0.286 bits per heavy atom. The van der Waals surface area contributed by atoms with Gasteiger partial charge in [0.1, 0.15) is 0 Å². The van der Waals surface area contributed by atoms with Gasteiger partial charge in [-0.25, -0.2) is 4.98 Å². The number of aromatic nitrogens is 5. The van der Waals surface area contributed by atoms with E-state index in [9.17, 15) is 0 Å². The first-order chi connectivity index (χ1) is 27.8. The number of fused-ring (bicyclic) bond motifs is 7. The lowest BCUT2D eigenvalue weighted by Gasteiger charge is -2.18. The van der Waals surface area contributed by atoms with Crippen LogP contribution >= 0.6 is 0 Å². The fraction of sp³-hybridized carbons (Fsp3) is 0. The maximum atomic E-state index is 5.28. The highest BCUT2D eigenvalue weighted by Gasteiger charge is 2.24. The summed E-state index contributed by atoms with van der Waals surface area (Å²) in [4.78, 5) is 15.6. The third-order valence-electron chi connectivity index (χ3n) is 10.8. The van der Waals surface area contributed by atoms with Gasteiger partial charge in [0, 0.05) is 38.2 Å². The van der Waals surface area contributed by atoms with Crippen molar-refractivity contribution in [2.75, 3.05) is 0 Å². The van der Waals surface area contributed by atoms with Crippen molar-refractivity contribution in [3.05, 3.63) is 200 Å². The smallest absolute Gasteiger partial charge is 0.238 e. The summed E-state index contributed by atoms with van der Waals surface area (Å²) in [6, 6.07) is 70.4. The van der Waals surface area contributed by atoms with Gasteiger partial charge in [0.15, 0.2) is 11.6 Å². The molecule has 0 fully saturated rings. The zero-order valence-corrected chi connectivity index (χ0v) is 30.3. The molecule has 0 spiro atoms. The molecule has 3 aromatic heterocycles. The van der Waals surface area contributed by atoms with E-state index >= 15 is 0 Å². The van der Waals surface area contributed by atoms with E-state index in [1.165, 1.54) is 22.1 Å². The zero-order chi connectivity index (χ0) is 37.0. The van der Waals surface area contributed by atoms with Gasteiger partial charge in [-0.2, -0.15) is 9.97 Å². The van der Waals surface area contributed by atoms with Gasteiger partial charge >= 0.3 is 0 Å². The maximum Gasteiger partial charge on any atom is 0.238 e. The Bertz CT molecular complexity index is 3180. The molecule has 0 atom stereocenters. The molecule has 0 bridgehead atoms. The molecule has 0 aliphatic heterocycles. The number of benzene rings is 8. The van der Waals surface area contributed by atoms with Crippen LogP contribution in [0.3, 0.4) is 0 Å². The first-order valence-corrected chi connectivity index (χ1v) is 18.9. The fourth-order valence-electron chi connectivity index (χ4n) is 8.34. The number of hydrogen-bond donors (Lipinski definition) is 0. The third kappa shape index (κ3) is 5.06. The van der Waals surface area contributed by atoms with Crippen molar-refractivity contribution in [3.63, 3.8) is 0 Å². The normalized spacial score (nSPS) is 11.6. The zero-order valence-electron chi connectivity index (χ0n) is 30.3. The topological polar surface area (TPSA) is 48.5 Å². The summed E-state index contributed by atoms with van der Waals surface area (Å²) < 4.78 is 4.71. The molecule has 5 nitrogen and oxygen atoms in total. The molecule has 262 valence electrons. The van der Waals surface area contributed by atoms with Crippen LogP contribution in [0.25, 0.3) is 100 Å². The van der Waals surface area contributed by atoms with Crippen molar-refractivity contribution in [1.29, 1.82) is 0 Å². The van der Waals surface area contributed by atoms with Crippen LogP contribution in [0.1, 0.15) is 0 Å². The van der Waals surface area contributed by atoms with Crippen LogP contribution < -0.4 is 0 Å². The van der Waals surface area contributed by atoms with Crippen molar-refractivity contribution in [2.24, 2.45) is 0 Å². The van der Waals surface area contributed by atoms with Crippen molar-refractivity contribution in [2.45, 2.75) is 0 Å². The van der Waals surface area contributed by atoms with Crippen molar-refractivity contribution >= 4 is 43.6 Å². The van der Waals surface area contributed by atoms with Crippen LogP contribution in [-0.2, 0) is 0 Å². The summed E-state index contributed by atoms with van der Waals surface area (Å²) in [6.07, 6.45) is 0. The molecule has 0 aliphatic rings. The Hall–Kier alpha value is -7.63. The third-order valence-corrected chi connectivity index (χ3v) is 10.8. The standard InChI is InChI=1S/C51H33N5/c1-4-18-34(19-5-1)37-24-10-11-25-38(37)39-26-12-15-29-44(39)55-45-30-16-13-27-40(45)42-32-33-43-41-28-14-17-31-46(41)56(48(43)47(42)55)51-53-49(35-20-6-2-7-21-35)52-50(54-51)36-22-8-3-9-23-36/h1-33H. The second-order valence-corrected chi connectivity index (χ2v) is 14.0. The largest absolute Gasteiger partial charge is 0.307 e. The van der Waals surface area contributed by atoms with E-state index in [4.69, 9.17) is 15.0 Å². The molecule has 0 amide bonds. The maximum absolute atomic E-state index is 5.28. The number of nitrogens with zero attached hydrogens (tertiary/aromatic N) is 5. The summed E-state index contributed by atoms with van der Waals surface area (Å²) in [5, 5.41) is 4.59. The summed E-state index contributed by atoms with van der Waals surface area (Å²) in [6.45, 7) is 0. The van der Waals surface area contributed by atoms with Gasteiger partial charge < -0.3 is 4.57 Å². The molecule has 11 aromatic rings. The number of hydrogen-bond acceptors (Lipinski definition) is 3. The summed E-state index contributed by atoms with van der Waals surface area (Å²) in [7, 11) is 0. The highest BCUT2D eigenvalue weighted by atomic mass is 15.2. The fourth-order valence-corrected chi connectivity index (χ4v) is 8.34. The SMILES string of the molecule is c1ccc(-c2nc(-c3ccccc3)nc(-n3c4ccccc4c4ccc5c6ccccc6n(-c6ccccc6-c6ccccc6-c6ccccc6)c5c43)n2)cc1. The molecule has 5 heteroatoms. The van der Waals surface area contributed by atoms with E-state index in [0.717, 1.165) is 60.6 Å². The molecule has 8 aromatic carbocycles. The second kappa shape index (κ2) is 13.0. The van der Waals surface area contributed by atoms with Gasteiger partial charge in [-0.05, 0) is 34.9 Å². The van der Waals surface area contributed by atoms with Crippen LogP contribution in [0.5, 0.6) is 0 Å². The van der Waals surface area contributed by atoms with Crippen LogP contribution in [0, 0.1) is 0 Å². The van der Waals surface area contributed by atoms with Crippen LogP contribution in [0.4, 0.5) is 0 Å². The quantitative estimate of drug-likeness (QED) is 0.172. The minimum atomic E-state index is 0.566. The minimum absolute atomic E-state index is 0.566. The van der Waals surface area contributed by atoms with Gasteiger partial charge in [0.25, 0.3) is 0 Å². The molecule has 0 aliphatic carbocycles. The monoisotopic (exact) mass is 715 g/mol. The Labute approximate surface area is 323 Å². The molecule has 0 unspecified atom stereocenters. The number of para-hydroxylation sites is 3. The van der Waals surface area contributed by atoms with Gasteiger partial charge in [0.2, 0.25) is 5.95 Å². The Morgan fingerprint density at radius 3 is 1.30 bits per heavy atom. The highest BCUT2D eigenvalue weighted by molar-refractivity contribution is 6.24. The summed E-state index contributed by atoms with van der Waals surface area (Å²) in [5.41, 5.74) is 11.9. The van der Waals surface area contributed by atoms with Crippen molar-refractivity contribution in [3.8, 4) is 56.7 Å². The number of rotatable bonds is 6. The van der Waals surface area contributed by atoms with Gasteiger partial charge in [-0.15, -0.1) is 0 Å². The van der Waals surface area contributed by atoms with E-state index < -0.39 is 0 Å². The van der Waals surface area contributed by atoms with Crippen LogP contribution in [0.15, 0.2) is 200 Å². The molecule has 0 saturated carbocycles. The van der Waals surface area contributed by atoms with E-state index in [-0.39, 0.29) is 0 Å². The second-order valence-electron chi connectivity index (χ2n) is 14.0. The predicted octanol–water partition coefficient (Wildman–Crippen LogP) is 12.7. The molecule has 0 saturated heterocycles. The molecule has 0 radical (unpaired) electrons. The van der Waals surface area contributed by atoms with Crippen LogP contribution in [-0.4, -0.2) is 24.1 Å². The van der Waals surface area contributed by atoms with E-state index in [1.807, 2.05) is 36.4 Å². The molecule has 0 N–H and O–H groups in total.